The third-order valence-electron chi connectivity index (χ3n) is 2.48. The summed E-state index contributed by atoms with van der Waals surface area (Å²) in [5.74, 6) is -1.95. The molecule has 0 bridgehead atoms. The maximum atomic E-state index is 13.4. The fraction of sp³-hybridized carbons (Fsp3) is 0.167. The number of benzene rings is 1. The average molecular weight is 251 g/mol. The number of aromatic amines is 1. The lowest BCUT2D eigenvalue weighted by molar-refractivity contribution is 0.0780. The SMILES string of the molecule is CN(Cc1cn[nH]c1)C(=O)c1cc(F)ccc1F. The lowest BCUT2D eigenvalue weighted by Crippen LogP contribution is -2.27. The highest BCUT2D eigenvalue weighted by molar-refractivity contribution is 5.94. The van der Waals surface area contributed by atoms with Gasteiger partial charge in [0.15, 0.2) is 0 Å². The number of nitrogens with zero attached hydrogens (tertiary/aromatic N) is 2. The largest absolute Gasteiger partial charge is 0.337 e. The van der Waals surface area contributed by atoms with Crippen molar-refractivity contribution < 1.29 is 13.6 Å². The molecule has 0 spiro atoms. The first-order valence-electron chi connectivity index (χ1n) is 5.26. The van der Waals surface area contributed by atoms with E-state index >= 15 is 0 Å². The molecule has 1 aromatic carbocycles. The van der Waals surface area contributed by atoms with Gasteiger partial charge in [-0.15, -0.1) is 0 Å². The zero-order valence-corrected chi connectivity index (χ0v) is 9.65. The standard InChI is InChI=1S/C12H11F2N3O/c1-17(7-8-5-15-16-6-8)12(18)10-4-9(13)2-3-11(10)14/h2-6H,7H2,1H3,(H,15,16). The molecular weight excluding hydrogens is 240 g/mol. The zero-order valence-electron chi connectivity index (χ0n) is 9.65. The normalized spacial score (nSPS) is 10.4. The van der Waals surface area contributed by atoms with Gasteiger partial charge in [-0.3, -0.25) is 9.89 Å². The summed E-state index contributed by atoms with van der Waals surface area (Å²) < 4.78 is 26.4. The molecule has 0 radical (unpaired) electrons. The highest BCUT2D eigenvalue weighted by atomic mass is 19.1. The summed E-state index contributed by atoms with van der Waals surface area (Å²) in [4.78, 5) is 13.2. The first-order chi connectivity index (χ1) is 8.58. The van der Waals surface area contributed by atoms with Crippen molar-refractivity contribution in [2.45, 2.75) is 6.54 Å². The van der Waals surface area contributed by atoms with Crippen LogP contribution in [-0.2, 0) is 6.54 Å². The molecule has 18 heavy (non-hydrogen) atoms. The third-order valence-corrected chi connectivity index (χ3v) is 2.48. The number of carbonyl (C=O) groups excluding carboxylic acids is 1. The minimum Gasteiger partial charge on any atom is -0.337 e. The van der Waals surface area contributed by atoms with Crippen LogP contribution in [0.15, 0.2) is 30.6 Å². The number of nitrogens with one attached hydrogen (secondary N) is 1. The molecule has 0 fully saturated rings. The molecule has 4 nitrogen and oxygen atoms in total. The maximum absolute atomic E-state index is 13.4. The quantitative estimate of drug-likeness (QED) is 0.906. The summed E-state index contributed by atoms with van der Waals surface area (Å²) >= 11 is 0. The van der Waals surface area contributed by atoms with Crippen molar-refractivity contribution in [1.29, 1.82) is 0 Å². The highest BCUT2D eigenvalue weighted by Gasteiger charge is 2.17. The Labute approximate surface area is 102 Å². The first kappa shape index (κ1) is 12.2. The predicted octanol–water partition coefficient (Wildman–Crippen LogP) is 1.96. The Kier molecular flexibility index (Phi) is 3.36. The van der Waals surface area contributed by atoms with Gasteiger partial charge in [-0.1, -0.05) is 0 Å². The van der Waals surface area contributed by atoms with Crippen molar-refractivity contribution >= 4 is 5.91 Å². The van der Waals surface area contributed by atoms with E-state index in [-0.39, 0.29) is 12.1 Å². The Hall–Kier alpha value is -2.24. The lowest BCUT2D eigenvalue weighted by Gasteiger charge is -2.16. The van der Waals surface area contributed by atoms with Crippen LogP contribution >= 0.6 is 0 Å². The van der Waals surface area contributed by atoms with Gasteiger partial charge >= 0.3 is 0 Å². The van der Waals surface area contributed by atoms with Gasteiger partial charge in [-0.05, 0) is 18.2 Å². The summed E-state index contributed by atoms with van der Waals surface area (Å²) in [7, 11) is 1.51. The number of halogens is 2. The lowest BCUT2D eigenvalue weighted by atomic mass is 10.1. The zero-order chi connectivity index (χ0) is 13.1. The Morgan fingerprint density at radius 3 is 2.89 bits per heavy atom. The third kappa shape index (κ3) is 2.53. The number of carbonyl (C=O) groups is 1. The summed E-state index contributed by atoms with van der Waals surface area (Å²) in [6.45, 7) is 0.269. The van der Waals surface area contributed by atoms with Gasteiger partial charge in [0, 0.05) is 25.4 Å². The molecule has 0 aliphatic rings. The minimum absolute atomic E-state index is 0.269. The van der Waals surface area contributed by atoms with Crippen LogP contribution in [0.3, 0.4) is 0 Å². The van der Waals surface area contributed by atoms with Gasteiger partial charge in [-0.2, -0.15) is 5.10 Å². The van der Waals surface area contributed by atoms with E-state index in [1.54, 1.807) is 12.4 Å². The van der Waals surface area contributed by atoms with Crippen LogP contribution in [0.25, 0.3) is 0 Å². The van der Waals surface area contributed by atoms with Gasteiger partial charge in [0.25, 0.3) is 5.91 Å². The van der Waals surface area contributed by atoms with Crippen LogP contribution in [0.2, 0.25) is 0 Å². The summed E-state index contributed by atoms with van der Waals surface area (Å²) in [5, 5.41) is 6.35. The minimum atomic E-state index is -0.736. The topological polar surface area (TPSA) is 49.0 Å². The smallest absolute Gasteiger partial charge is 0.256 e. The monoisotopic (exact) mass is 251 g/mol. The number of aromatic nitrogens is 2. The molecule has 0 unspecified atom stereocenters. The molecule has 1 aromatic heterocycles. The van der Waals surface area contributed by atoms with Crippen molar-refractivity contribution in [3.63, 3.8) is 0 Å². The fourth-order valence-electron chi connectivity index (χ4n) is 1.58. The summed E-state index contributed by atoms with van der Waals surface area (Å²) in [6.07, 6.45) is 3.19. The van der Waals surface area contributed by atoms with Gasteiger partial charge < -0.3 is 4.90 Å². The molecule has 0 saturated heterocycles. The molecule has 1 amide bonds. The van der Waals surface area contributed by atoms with Crippen molar-refractivity contribution in [3.05, 3.63) is 53.4 Å². The molecule has 6 heteroatoms. The van der Waals surface area contributed by atoms with Crippen LogP contribution in [0.4, 0.5) is 8.78 Å². The molecule has 2 rings (SSSR count). The molecule has 0 atom stereocenters. The summed E-state index contributed by atoms with van der Waals surface area (Å²) in [5.41, 5.74) is 0.503. The number of H-pyrrole nitrogens is 1. The molecular formula is C12H11F2N3O. The van der Waals surface area contributed by atoms with E-state index < -0.39 is 17.5 Å². The molecule has 1 heterocycles. The summed E-state index contributed by atoms with van der Waals surface area (Å²) in [6, 6.07) is 2.81. The molecule has 1 N–H and O–H groups in total. The van der Waals surface area contributed by atoms with Crippen LogP contribution in [0.5, 0.6) is 0 Å². The number of amides is 1. The average Bonchev–Trinajstić information content (AvgIpc) is 2.84. The van der Waals surface area contributed by atoms with Crippen molar-refractivity contribution in [3.8, 4) is 0 Å². The second-order valence-corrected chi connectivity index (χ2v) is 3.89. The van der Waals surface area contributed by atoms with Gasteiger partial charge in [0.05, 0.1) is 11.8 Å². The van der Waals surface area contributed by atoms with E-state index in [1.807, 2.05) is 0 Å². The van der Waals surface area contributed by atoms with E-state index in [9.17, 15) is 13.6 Å². The van der Waals surface area contributed by atoms with Gasteiger partial charge in [0.1, 0.15) is 11.6 Å². The van der Waals surface area contributed by atoms with Crippen molar-refractivity contribution in [2.24, 2.45) is 0 Å². The van der Waals surface area contributed by atoms with Crippen molar-refractivity contribution in [1.82, 2.24) is 15.1 Å². The van der Waals surface area contributed by atoms with E-state index in [4.69, 9.17) is 0 Å². The molecule has 0 aliphatic heterocycles. The Bertz CT molecular complexity index is 554. The Morgan fingerprint density at radius 2 is 2.22 bits per heavy atom. The number of hydrogen-bond acceptors (Lipinski definition) is 2. The van der Waals surface area contributed by atoms with Crippen LogP contribution in [0, 0.1) is 11.6 Å². The molecule has 2 aromatic rings. The second-order valence-electron chi connectivity index (χ2n) is 3.89. The first-order valence-corrected chi connectivity index (χ1v) is 5.26. The van der Waals surface area contributed by atoms with E-state index in [0.29, 0.717) is 0 Å². The molecule has 94 valence electrons. The number of rotatable bonds is 3. The Morgan fingerprint density at radius 1 is 1.44 bits per heavy atom. The molecule has 0 aliphatic carbocycles. The van der Waals surface area contributed by atoms with Gasteiger partial charge in [0.2, 0.25) is 0 Å². The number of hydrogen-bond donors (Lipinski definition) is 1. The maximum Gasteiger partial charge on any atom is 0.256 e. The van der Waals surface area contributed by atoms with Crippen LogP contribution in [-0.4, -0.2) is 28.1 Å². The van der Waals surface area contributed by atoms with E-state index in [1.165, 1.54) is 11.9 Å². The van der Waals surface area contributed by atoms with Crippen LogP contribution in [0.1, 0.15) is 15.9 Å². The molecule has 0 saturated carbocycles. The Balaban J connectivity index is 2.17. The van der Waals surface area contributed by atoms with Gasteiger partial charge in [-0.25, -0.2) is 8.78 Å². The fourth-order valence-corrected chi connectivity index (χ4v) is 1.58. The van der Waals surface area contributed by atoms with E-state index in [2.05, 4.69) is 10.2 Å². The highest BCUT2D eigenvalue weighted by Crippen LogP contribution is 2.13. The predicted molar refractivity (Wildman–Crippen MR) is 60.7 cm³/mol. The second kappa shape index (κ2) is 4.95. The van der Waals surface area contributed by atoms with Crippen LogP contribution < -0.4 is 0 Å². The van der Waals surface area contributed by atoms with Crippen molar-refractivity contribution in [2.75, 3.05) is 7.05 Å². The van der Waals surface area contributed by atoms with E-state index in [0.717, 1.165) is 23.8 Å².